The molecule has 3 atom stereocenters. The lowest BCUT2D eigenvalue weighted by molar-refractivity contribution is 0.0429. The number of β-amino-alcohol motifs (C(OH)–C–C–N with tert-alkyl or cyclic N) is 1. The molecule has 1 N–H and O–H groups in total. The SMILES string of the molecule is Cc1cccc(OC[C@H](O)CN2C[C@H](C)C[C@@H](C)C2)c1. The van der Waals surface area contributed by atoms with E-state index in [2.05, 4.69) is 18.7 Å². The number of hydrogen-bond acceptors (Lipinski definition) is 3. The van der Waals surface area contributed by atoms with Gasteiger partial charge in [-0.3, -0.25) is 0 Å². The van der Waals surface area contributed by atoms with Crippen LogP contribution in [-0.2, 0) is 0 Å². The molecule has 20 heavy (non-hydrogen) atoms. The predicted octanol–water partition coefficient (Wildman–Crippen LogP) is 2.71. The van der Waals surface area contributed by atoms with Gasteiger partial charge < -0.3 is 14.7 Å². The van der Waals surface area contributed by atoms with E-state index in [-0.39, 0.29) is 0 Å². The fraction of sp³-hybridized carbons (Fsp3) is 0.647. The van der Waals surface area contributed by atoms with Gasteiger partial charge in [-0.1, -0.05) is 26.0 Å². The molecule has 112 valence electrons. The lowest BCUT2D eigenvalue weighted by Gasteiger charge is -2.35. The molecule has 1 aromatic rings. The molecule has 3 nitrogen and oxygen atoms in total. The molecule has 1 aliphatic heterocycles. The van der Waals surface area contributed by atoms with Crippen molar-refractivity contribution in [3.63, 3.8) is 0 Å². The van der Waals surface area contributed by atoms with Gasteiger partial charge in [0.05, 0.1) is 0 Å². The Labute approximate surface area is 122 Å². The number of piperidine rings is 1. The van der Waals surface area contributed by atoms with Gasteiger partial charge in [-0.2, -0.15) is 0 Å². The summed E-state index contributed by atoms with van der Waals surface area (Å²) in [6.07, 6.45) is 0.875. The summed E-state index contributed by atoms with van der Waals surface area (Å²) in [7, 11) is 0. The molecule has 0 amide bonds. The topological polar surface area (TPSA) is 32.7 Å². The number of aliphatic hydroxyl groups is 1. The summed E-state index contributed by atoms with van der Waals surface area (Å²) >= 11 is 0. The van der Waals surface area contributed by atoms with Crippen molar-refractivity contribution >= 4 is 0 Å². The van der Waals surface area contributed by atoms with Gasteiger partial charge in [0, 0.05) is 19.6 Å². The fourth-order valence-corrected chi connectivity index (χ4v) is 3.19. The molecule has 0 spiro atoms. The normalized spacial score (nSPS) is 25.4. The van der Waals surface area contributed by atoms with E-state index in [1.54, 1.807) is 0 Å². The quantitative estimate of drug-likeness (QED) is 0.898. The zero-order chi connectivity index (χ0) is 14.5. The molecule has 2 rings (SSSR count). The van der Waals surface area contributed by atoms with Gasteiger partial charge in [0.1, 0.15) is 18.5 Å². The average molecular weight is 277 g/mol. The lowest BCUT2D eigenvalue weighted by atomic mass is 9.92. The van der Waals surface area contributed by atoms with Crippen molar-refractivity contribution in [1.29, 1.82) is 0 Å². The van der Waals surface area contributed by atoms with E-state index in [0.29, 0.717) is 13.2 Å². The number of aryl methyl sites for hydroxylation is 1. The molecular formula is C17H27NO2. The highest BCUT2D eigenvalue weighted by molar-refractivity contribution is 5.27. The molecular weight excluding hydrogens is 250 g/mol. The highest BCUT2D eigenvalue weighted by Crippen LogP contribution is 2.21. The zero-order valence-electron chi connectivity index (χ0n) is 12.9. The number of rotatable bonds is 5. The Bertz CT molecular complexity index is 411. The van der Waals surface area contributed by atoms with E-state index in [1.165, 1.54) is 12.0 Å². The van der Waals surface area contributed by atoms with Gasteiger partial charge in [0.2, 0.25) is 0 Å². The number of hydrogen-bond donors (Lipinski definition) is 1. The maximum atomic E-state index is 10.1. The number of benzene rings is 1. The number of aliphatic hydroxyl groups excluding tert-OH is 1. The summed E-state index contributed by atoms with van der Waals surface area (Å²) in [5.74, 6) is 2.29. The Morgan fingerprint density at radius 1 is 1.30 bits per heavy atom. The smallest absolute Gasteiger partial charge is 0.119 e. The standard InChI is InChI=1S/C17H27NO2/c1-13-5-4-6-17(8-13)20-12-16(19)11-18-9-14(2)7-15(3)10-18/h4-6,8,14-16,19H,7,9-12H2,1-3H3/t14-,15-,16-/m1/s1. The van der Waals surface area contributed by atoms with Crippen LogP contribution in [0.2, 0.25) is 0 Å². The third-order valence-corrected chi connectivity index (χ3v) is 3.85. The molecule has 3 heteroatoms. The van der Waals surface area contributed by atoms with Crippen LogP contribution < -0.4 is 4.74 Å². The van der Waals surface area contributed by atoms with Crippen LogP contribution in [0.25, 0.3) is 0 Å². The van der Waals surface area contributed by atoms with Gasteiger partial charge in [-0.05, 0) is 42.9 Å². The van der Waals surface area contributed by atoms with Crippen molar-refractivity contribution in [3.8, 4) is 5.75 Å². The van der Waals surface area contributed by atoms with E-state index in [4.69, 9.17) is 4.74 Å². The summed E-state index contributed by atoms with van der Waals surface area (Å²) in [4.78, 5) is 2.36. The molecule has 0 radical (unpaired) electrons. The Hall–Kier alpha value is -1.06. The van der Waals surface area contributed by atoms with Crippen molar-refractivity contribution < 1.29 is 9.84 Å². The summed E-state index contributed by atoms with van der Waals surface area (Å²) < 4.78 is 5.67. The van der Waals surface area contributed by atoms with Crippen molar-refractivity contribution in [2.24, 2.45) is 11.8 Å². The van der Waals surface area contributed by atoms with Gasteiger partial charge >= 0.3 is 0 Å². The molecule has 0 bridgehead atoms. The monoisotopic (exact) mass is 277 g/mol. The summed E-state index contributed by atoms with van der Waals surface area (Å²) in [6, 6.07) is 7.95. The zero-order valence-corrected chi connectivity index (χ0v) is 12.9. The predicted molar refractivity (Wildman–Crippen MR) is 82.1 cm³/mol. The third-order valence-electron chi connectivity index (χ3n) is 3.85. The van der Waals surface area contributed by atoms with Crippen LogP contribution in [-0.4, -0.2) is 42.4 Å². The molecule has 1 heterocycles. The second-order valence-corrected chi connectivity index (χ2v) is 6.45. The van der Waals surface area contributed by atoms with Crippen LogP contribution >= 0.6 is 0 Å². The third kappa shape index (κ3) is 4.80. The van der Waals surface area contributed by atoms with E-state index in [9.17, 15) is 5.11 Å². The number of nitrogens with zero attached hydrogens (tertiary/aromatic N) is 1. The van der Waals surface area contributed by atoms with Crippen LogP contribution in [0.1, 0.15) is 25.8 Å². The molecule has 0 unspecified atom stereocenters. The van der Waals surface area contributed by atoms with Crippen molar-refractivity contribution in [2.45, 2.75) is 33.3 Å². The molecule has 1 saturated heterocycles. The minimum absolute atomic E-state index is 0.364. The number of ether oxygens (including phenoxy) is 1. The Kier molecular flexibility index (Phi) is 5.44. The minimum atomic E-state index is -0.423. The fourth-order valence-electron chi connectivity index (χ4n) is 3.19. The molecule has 1 fully saturated rings. The maximum Gasteiger partial charge on any atom is 0.119 e. The maximum absolute atomic E-state index is 10.1. The van der Waals surface area contributed by atoms with Crippen molar-refractivity contribution in [3.05, 3.63) is 29.8 Å². The van der Waals surface area contributed by atoms with Crippen LogP contribution in [0.4, 0.5) is 0 Å². The minimum Gasteiger partial charge on any atom is -0.491 e. The summed E-state index contributed by atoms with van der Waals surface area (Å²) in [5, 5.41) is 10.1. The summed E-state index contributed by atoms with van der Waals surface area (Å²) in [5.41, 5.74) is 1.18. The molecule has 1 aromatic carbocycles. The van der Waals surface area contributed by atoms with Gasteiger partial charge in [0.25, 0.3) is 0 Å². The second kappa shape index (κ2) is 7.09. The largest absolute Gasteiger partial charge is 0.491 e. The first-order valence-corrected chi connectivity index (χ1v) is 7.63. The average Bonchev–Trinajstić information content (AvgIpc) is 2.35. The first-order valence-electron chi connectivity index (χ1n) is 7.63. The molecule has 0 aromatic heterocycles. The van der Waals surface area contributed by atoms with Crippen molar-refractivity contribution in [2.75, 3.05) is 26.2 Å². The first-order chi connectivity index (χ1) is 9.52. The van der Waals surface area contributed by atoms with Crippen LogP contribution in [0, 0.1) is 18.8 Å². The van der Waals surface area contributed by atoms with E-state index in [1.807, 2.05) is 31.2 Å². The second-order valence-electron chi connectivity index (χ2n) is 6.45. The van der Waals surface area contributed by atoms with E-state index < -0.39 is 6.10 Å². The van der Waals surface area contributed by atoms with Gasteiger partial charge in [-0.25, -0.2) is 0 Å². The number of likely N-dealkylation sites (tertiary alicyclic amines) is 1. The van der Waals surface area contributed by atoms with E-state index in [0.717, 1.165) is 30.7 Å². The Balaban J connectivity index is 1.76. The summed E-state index contributed by atoms with van der Waals surface area (Å²) in [6.45, 7) is 9.87. The Morgan fingerprint density at radius 3 is 2.65 bits per heavy atom. The van der Waals surface area contributed by atoms with Crippen LogP contribution in [0.3, 0.4) is 0 Å². The van der Waals surface area contributed by atoms with Gasteiger partial charge in [0.15, 0.2) is 0 Å². The van der Waals surface area contributed by atoms with E-state index >= 15 is 0 Å². The molecule has 1 aliphatic rings. The first kappa shape index (κ1) is 15.3. The van der Waals surface area contributed by atoms with Crippen LogP contribution in [0.15, 0.2) is 24.3 Å². The van der Waals surface area contributed by atoms with Crippen molar-refractivity contribution in [1.82, 2.24) is 4.90 Å². The van der Waals surface area contributed by atoms with Gasteiger partial charge in [-0.15, -0.1) is 0 Å². The Morgan fingerprint density at radius 2 is 2.00 bits per heavy atom. The molecule has 0 aliphatic carbocycles. The molecule has 0 saturated carbocycles. The highest BCUT2D eigenvalue weighted by Gasteiger charge is 2.23. The highest BCUT2D eigenvalue weighted by atomic mass is 16.5. The lowest BCUT2D eigenvalue weighted by Crippen LogP contribution is -2.43. The van der Waals surface area contributed by atoms with Crippen LogP contribution in [0.5, 0.6) is 5.75 Å².